The Hall–Kier alpha value is -2.27. The summed E-state index contributed by atoms with van der Waals surface area (Å²) < 4.78 is 53.2. The molecular formula is C52H84O7Si10. The van der Waals surface area contributed by atoms with Gasteiger partial charge in [0.1, 0.15) is 0 Å². The molecule has 0 aromatic heterocycles. The number of hydrogen-bond donors (Lipinski definition) is 0. The van der Waals surface area contributed by atoms with Gasteiger partial charge in [0, 0.05) is 5.19 Å². The maximum absolute atomic E-state index is 7.99. The molecule has 0 aliphatic carbocycles. The van der Waals surface area contributed by atoms with Gasteiger partial charge in [0.25, 0.3) is 0 Å². The summed E-state index contributed by atoms with van der Waals surface area (Å²) in [4.78, 5) is 0. The van der Waals surface area contributed by atoms with Crippen LogP contribution in [0.2, 0.25) is 129 Å². The lowest BCUT2D eigenvalue weighted by Crippen LogP contribution is -2.71. The van der Waals surface area contributed by atoms with Gasteiger partial charge >= 0.3 is 25.9 Å². The molecule has 0 atom stereocenters. The minimum absolute atomic E-state index is 0.909. The Kier molecular flexibility index (Phi) is 19.1. The van der Waals surface area contributed by atoms with Gasteiger partial charge in [0.05, 0.1) is 0 Å². The first-order valence-corrected chi connectivity index (χ1v) is 52.4. The molecule has 69 heavy (non-hydrogen) atoms. The van der Waals surface area contributed by atoms with E-state index in [1.54, 1.807) is 0 Å². The second-order valence-corrected chi connectivity index (χ2v) is 63.7. The van der Waals surface area contributed by atoms with Crippen LogP contribution in [0.1, 0.15) is 0 Å². The Morgan fingerprint density at radius 2 is 0.536 bits per heavy atom. The van der Waals surface area contributed by atoms with E-state index < -0.39 is 84.1 Å². The first kappa shape index (κ1) is 57.6. The summed E-state index contributed by atoms with van der Waals surface area (Å²) in [5, 5.41) is 5.60. The van der Waals surface area contributed by atoms with E-state index in [0.29, 0.717) is 0 Å². The van der Waals surface area contributed by atoms with Gasteiger partial charge in [0.2, 0.25) is 8.32 Å². The minimum Gasteiger partial charge on any atom is -0.430 e. The van der Waals surface area contributed by atoms with Crippen molar-refractivity contribution in [1.82, 2.24) is 0 Å². The topological polar surface area (TPSA) is 64.6 Å². The van der Waals surface area contributed by atoms with E-state index in [1.165, 1.54) is 0 Å². The van der Waals surface area contributed by atoms with Crippen LogP contribution in [0, 0.1) is 0 Å². The van der Waals surface area contributed by atoms with Crippen LogP contribution >= 0.6 is 0 Å². The van der Waals surface area contributed by atoms with Crippen molar-refractivity contribution in [1.29, 1.82) is 0 Å². The first-order valence-electron chi connectivity index (χ1n) is 24.8. The van der Waals surface area contributed by atoms with E-state index in [-0.39, 0.29) is 0 Å². The summed E-state index contributed by atoms with van der Waals surface area (Å²) in [6, 6.07) is 57.2. The largest absolute Gasteiger partial charge is 0.505 e. The van der Waals surface area contributed by atoms with Crippen molar-refractivity contribution in [3.8, 4) is 0 Å². The average molecular weight is 1100 g/mol. The molecular weight excluding hydrogens is 1020 g/mol. The van der Waals surface area contributed by atoms with E-state index in [1.807, 2.05) is 5.70 Å². The molecule has 0 aliphatic heterocycles. The molecule has 0 radical (unpaired) electrons. The predicted octanol–water partition coefficient (Wildman–Crippen LogP) is 11.9. The molecule has 5 rings (SSSR count). The Bertz CT molecular complexity index is 2270. The van der Waals surface area contributed by atoms with Crippen molar-refractivity contribution in [3.05, 3.63) is 164 Å². The van der Waals surface area contributed by atoms with Gasteiger partial charge < -0.3 is 28.8 Å². The molecule has 0 saturated heterocycles. The highest BCUT2D eigenvalue weighted by atomic mass is 28.5. The molecule has 0 saturated carbocycles. The van der Waals surface area contributed by atoms with Crippen LogP contribution in [0.25, 0.3) is 0 Å². The summed E-state index contributed by atoms with van der Waals surface area (Å²) in [6.45, 7) is 41.2. The third kappa shape index (κ3) is 16.6. The van der Waals surface area contributed by atoms with Crippen LogP contribution < -0.4 is 25.9 Å². The first-order chi connectivity index (χ1) is 32.0. The summed E-state index contributed by atoms with van der Waals surface area (Å²) >= 11 is 0. The second kappa shape index (κ2) is 22.9. The van der Waals surface area contributed by atoms with E-state index in [9.17, 15) is 0 Å². The maximum Gasteiger partial charge on any atom is 0.505 e. The molecule has 0 spiro atoms. The monoisotopic (exact) mass is 1100 g/mol. The molecule has 0 N–H and O–H groups in total. The third-order valence-electron chi connectivity index (χ3n) is 11.9. The molecule has 0 amide bonds. The van der Waals surface area contributed by atoms with Crippen LogP contribution in [0.4, 0.5) is 0 Å². The molecule has 374 valence electrons. The zero-order valence-electron chi connectivity index (χ0n) is 44.9. The molecule has 0 fully saturated rings. The molecule has 0 unspecified atom stereocenters. The summed E-state index contributed by atoms with van der Waals surface area (Å²) in [5.74, 6) is 0. The Morgan fingerprint density at radius 3 is 0.783 bits per heavy atom. The second-order valence-electron chi connectivity index (χ2n) is 23.4. The van der Waals surface area contributed by atoms with E-state index >= 15 is 0 Å². The fourth-order valence-electron chi connectivity index (χ4n) is 8.52. The van der Waals surface area contributed by atoms with Crippen molar-refractivity contribution < 1.29 is 28.8 Å². The lowest BCUT2D eigenvalue weighted by molar-refractivity contribution is 0.271. The van der Waals surface area contributed by atoms with Crippen molar-refractivity contribution in [3.63, 3.8) is 0 Å². The minimum atomic E-state index is -3.34. The smallest absolute Gasteiger partial charge is 0.430 e. The van der Waals surface area contributed by atoms with Crippen LogP contribution in [0.15, 0.2) is 164 Å². The van der Waals surface area contributed by atoms with Gasteiger partial charge in [-0.1, -0.05) is 157 Å². The molecule has 7 nitrogen and oxygen atoms in total. The van der Waals surface area contributed by atoms with Gasteiger partial charge in [-0.25, -0.2) is 0 Å². The van der Waals surface area contributed by atoms with E-state index in [2.05, 4.69) is 263 Å². The van der Waals surface area contributed by atoms with Crippen molar-refractivity contribution in [2.24, 2.45) is 0 Å². The van der Waals surface area contributed by atoms with Gasteiger partial charge in [-0.3, -0.25) is 0 Å². The molecule has 0 bridgehead atoms. The van der Waals surface area contributed by atoms with Crippen molar-refractivity contribution in [2.45, 2.75) is 129 Å². The Labute approximate surface area is 428 Å². The summed E-state index contributed by atoms with van der Waals surface area (Å²) in [6.07, 6.45) is 0. The zero-order valence-corrected chi connectivity index (χ0v) is 54.9. The van der Waals surface area contributed by atoms with Crippen LogP contribution in [0.5, 0.6) is 0 Å². The number of rotatable bonds is 26. The number of benzene rings is 5. The lowest BCUT2D eigenvalue weighted by Gasteiger charge is -2.46. The van der Waals surface area contributed by atoms with Crippen LogP contribution in [0.3, 0.4) is 0 Å². The SMILES string of the molecule is C=C[Si](C)(C)O[Si](O[Si](C)(C)CC[Si](C)(C)O[Si](O[Si](C)(C)CC[Si](C)(C)O[Si](O[Si](C)(C)C)(O[Si](C)(C)C)c1ccccc1)(c1ccccc1)c1ccccc1)(c1ccccc1)c1ccccc1. The molecule has 0 heterocycles. The van der Waals surface area contributed by atoms with E-state index in [4.69, 9.17) is 28.8 Å². The summed E-state index contributed by atoms with van der Waals surface area (Å²) in [5.41, 5.74) is 2.03. The molecule has 17 heteroatoms. The highest BCUT2D eigenvalue weighted by molar-refractivity contribution is 7.04. The highest BCUT2D eigenvalue weighted by Gasteiger charge is 2.55. The quantitative estimate of drug-likeness (QED) is 0.0511. The van der Waals surface area contributed by atoms with Crippen molar-refractivity contribution in [2.75, 3.05) is 0 Å². The Balaban J connectivity index is 1.50. The fourth-order valence-corrected chi connectivity index (χ4v) is 53.5. The molecule has 5 aromatic carbocycles. The molecule has 5 aromatic rings. The summed E-state index contributed by atoms with van der Waals surface area (Å²) in [7, 11) is -26.4. The van der Waals surface area contributed by atoms with Gasteiger partial charge in [-0.2, -0.15) is 0 Å². The molecule has 0 aliphatic rings. The van der Waals surface area contributed by atoms with E-state index in [0.717, 1.165) is 50.1 Å². The highest BCUT2D eigenvalue weighted by Crippen LogP contribution is 2.34. The third-order valence-corrected chi connectivity index (χ3v) is 48.7. The van der Waals surface area contributed by atoms with Gasteiger partial charge in [-0.15, -0.1) is 6.58 Å². The predicted molar refractivity (Wildman–Crippen MR) is 319 cm³/mol. The van der Waals surface area contributed by atoms with Crippen LogP contribution in [-0.4, -0.2) is 84.1 Å². The normalized spacial score (nSPS) is 13.9. The number of hydrogen-bond acceptors (Lipinski definition) is 7. The van der Waals surface area contributed by atoms with Gasteiger partial charge in [0.15, 0.2) is 49.9 Å². The van der Waals surface area contributed by atoms with Crippen LogP contribution in [-0.2, 0) is 28.8 Å². The van der Waals surface area contributed by atoms with Crippen molar-refractivity contribution >= 4 is 110 Å². The standard InChI is InChI=1S/C52H84O7Si10/c1-18-62(8,9)55-67(48-34-24-19-25-35-48,49-36-26-20-27-37-49)56-63(10,11)44-45-64(12,13)57-68(50-38-28-21-29-39-50,51-40-30-22-31-41-51)58-65(14,15)46-47-66(16,17)59-69(53-60(2,3)4,54-61(5,6)7)52-42-32-23-33-43-52/h18-43H,1,44-47H2,2-17H3. The maximum atomic E-state index is 7.99. The average Bonchev–Trinajstić information content (AvgIpc) is 3.27. The fraction of sp³-hybridized carbons (Fsp3) is 0.385. The Morgan fingerprint density at radius 1 is 0.304 bits per heavy atom. The lowest BCUT2D eigenvalue weighted by atomic mass is 10.4. The zero-order chi connectivity index (χ0) is 51.0. The van der Waals surface area contributed by atoms with Gasteiger partial charge in [-0.05, 0) is 150 Å².